The van der Waals surface area contributed by atoms with Crippen molar-refractivity contribution >= 4 is 5.78 Å². The summed E-state index contributed by atoms with van der Waals surface area (Å²) >= 11 is 0. The second-order valence-corrected chi connectivity index (χ2v) is 4.80. The molecule has 0 radical (unpaired) electrons. The van der Waals surface area contributed by atoms with E-state index in [-0.39, 0.29) is 11.7 Å². The van der Waals surface area contributed by atoms with Crippen molar-refractivity contribution in [2.45, 2.75) is 19.3 Å². The summed E-state index contributed by atoms with van der Waals surface area (Å²) in [4.78, 5) is 12.4. The van der Waals surface area contributed by atoms with Gasteiger partial charge in [0, 0.05) is 12.5 Å². The molecule has 90 valence electrons. The van der Waals surface area contributed by atoms with Crippen LogP contribution in [0.3, 0.4) is 0 Å². The van der Waals surface area contributed by atoms with E-state index in [1.54, 1.807) is 0 Å². The smallest absolute Gasteiger partial charge is 0.170 e. The van der Waals surface area contributed by atoms with E-state index in [2.05, 4.69) is 11.4 Å². The number of para-hydroxylation sites is 1. The molecule has 2 heterocycles. The molecule has 17 heavy (non-hydrogen) atoms. The summed E-state index contributed by atoms with van der Waals surface area (Å²) in [5, 5.41) is 3.24. The van der Waals surface area contributed by atoms with Gasteiger partial charge >= 0.3 is 0 Å². The molecule has 2 aliphatic heterocycles. The molecule has 3 rings (SSSR count). The number of benzene rings is 1. The van der Waals surface area contributed by atoms with Crippen LogP contribution in [0.1, 0.15) is 28.8 Å². The monoisotopic (exact) mass is 231 g/mol. The van der Waals surface area contributed by atoms with Gasteiger partial charge < -0.3 is 10.1 Å². The average molecular weight is 231 g/mol. The van der Waals surface area contributed by atoms with Crippen LogP contribution in [0.25, 0.3) is 0 Å². The van der Waals surface area contributed by atoms with Crippen molar-refractivity contribution in [2.24, 2.45) is 5.92 Å². The number of rotatable bonds is 2. The standard InChI is InChI=1S/C14H17NO2/c16-13(11-6-7-15-9-11)12-5-1-3-10-4-2-8-17-14(10)12/h1,3,5,11,15H,2,4,6-9H2. The van der Waals surface area contributed by atoms with Gasteiger partial charge in [-0.3, -0.25) is 4.79 Å². The fourth-order valence-corrected chi connectivity index (χ4v) is 2.68. The molecule has 1 atom stereocenters. The number of carbonyl (C=O) groups is 1. The normalized spacial score (nSPS) is 22.9. The maximum Gasteiger partial charge on any atom is 0.170 e. The molecule has 1 aromatic carbocycles. The highest BCUT2D eigenvalue weighted by atomic mass is 16.5. The number of aryl methyl sites for hydroxylation is 1. The summed E-state index contributed by atoms with van der Waals surface area (Å²) in [6.45, 7) is 2.50. The van der Waals surface area contributed by atoms with E-state index in [1.807, 2.05) is 12.1 Å². The SMILES string of the molecule is O=C(c1cccc2c1OCCC2)C1CCNC1. The molecule has 0 spiro atoms. The van der Waals surface area contributed by atoms with Crippen molar-refractivity contribution in [1.29, 1.82) is 0 Å². The number of carbonyl (C=O) groups excluding carboxylic acids is 1. The zero-order valence-corrected chi connectivity index (χ0v) is 9.87. The first-order chi connectivity index (χ1) is 8.36. The van der Waals surface area contributed by atoms with Gasteiger partial charge in [0.1, 0.15) is 5.75 Å². The highest BCUT2D eigenvalue weighted by Crippen LogP contribution is 2.31. The van der Waals surface area contributed by atoms with Crippen molar-refractivity contribution in [2.75, 3.05) is 19.7 Å². The van der Waals surface area contributed by atoms with Crippen LogP contribution in [0.2, 0.25) is 0 Å². The largest absolute Gasteiger partial charge is 0.493 e. The van der Waals surface area contributed by atoms with Gasteiger partial charge in [-0.2, -0.15) is 0 Å². The first-order valence-corrected chi connectivity index (χ1v) is 6.36. The van der Waals surface area contributed by atoms with E-state index in [0.29, 0.717) is 0 Å². The van der Waals surface area contributed by atoms with Crippen molar-refractivity contribution in [3.05, 3.63) is 29.3 Å². The predicted molar refractivity (Wildman–Crippen MR) is 65.6 cm³/mol. The Labute approximate surface area is 101 Å². The van der Waals surface area contributed by atoms with Gasteiger partial charge in [0.15, 0.2) is 5.78 Å². The molecule has 1 saturated heterocycles. The highest BCUT2D eigenvalue weighted by molar-refractivity contribution is 6.01. The van der Waals surface area contributed by atoms with E-state index in [1.165, 1.54) is 5.56 Å². The molecule has 1 unspecified atom stereocenters. The number of hydrogen-bond acceptors (Lipinski definition) is 3. The predicted octanol–water partition coefficient (Wildman–Crippen LogP) is 1.80. The zero-order chi connectivity index (χ0) is 11.7. The number of hydrogen-bond donors (Lipinski definition) is 1. The van der Waals surface area contributed by atoms with E-state index in [9.17, 15) is 4.79 Å². The van der Waals surface area contributed by atoms with Crippen LogP contribution in [0, 0.1) is 5.92 Å². The van der Waals surface area contributed by atoms with Gasteiger partial charge in [-0.1, -0.05) is 12.1 Å². The van der Waals surface area contributed by atoms with E-state index in [0.717, 1.165) is 50.3 Å². The minimum atomic E-state index is 0.132. The lowest BCUT2D eigenvalue weighted by Crippen LogP contribution is -2.20. The van der Waals surface area contributed by atoms with Crippen LogP contribution in [0.5, 0.6) is 5.75 Å². The molecule has 2 aliphatic rings. The summed E-state index contributed by atoms with van der Waals surface area (Å²) in [6, 6.07) is 5.95. The van der Waals surface area contributed by atoms with Crippen molar-refractivity contribution in [1.82, 2.24) is 5.32 Å². The van der Waals surface area contributed by atoms with Crippen LogP contribution >= 0.6 is 0 Å². The van der Waals surface area contributed by atoms with Gasteiger partial charge in [0.2, 0.25) is 0 Å². The van der Waals surface area contributed by atoms with Crippen molar-refractivity contribution in [3.8, 4) is 5.75 Å². The van der Waals surface area contributed by atoms with E-state index in [4.69, 9.17) is 4.74 Å². The first kappa shape index (κ1) is 10.8. The number of Topliss-reactive ketones (excluding diaryl/α,β-unsaturated/α-hetero) is 1. The molecule has 0 aromatic heterocycles. The number of ketones is 1. The molecular weight excluding hydrogens is 214 g/mol. The lowest BCUT2D eigenvalue weighted by molar-refractivity contribution is 0.0925. The summed E-state index contributed by atoms with van der Waals surface area (Å²) in [5.74, 6) is 1.22. The molecule has 0 bridgehead atoms. The van der Waals surface area contributed by atoms with Gasteiger partial charge in [-0.15, -0.1) is 0 Å². The molecular formula is C14H17NO2. The quantitative estimate of drug-likeness (QED) is 0.789. The number of fused-ring (bicyclic) bond motifs is 1. The van der Waals surface area contributed by atoms with Crippen molar-refractivity contribution in [3.63, 3.8) is 0 Å². The Kier molecular flexibility index (Phi) is 2.85. The Hall–Kier alpha value is -1.35. The topological polar surface area (TPSA) is 38.3 Å². The van der Waals surface area contributed by atoms with Crippen LogP contribution in [0.4, 0.5) is 0 Å². The minimum absolute atomic E-state index is 0.132. The van der Waals surface area contributed by atoms with Gasteiger partial charge in [0.25, 0.3) is 0 Å². The molecule has 1 N–H and O–H groups in total. The summed E-state index contributed by atoms with van der Waals surface area (Å²) in [5.41, 5.74) is 1.98. The first-order valence-electron chi connectivity index (χ1n) is 6.36. The third-order valence-electron chi connectivity index (χ3n) is 3.63. The maximum absolute atomic E-state index is 12.4. The summed E-state index contributed by atoms with van der Waals surface area (Å²) < 4.78 is 5.69. The molecule has 0 amide bonds. The fourth-order valence-electron chi connectivity index (χ4n) is 2.68. The Morgan fingerprint density at radius 3 is 3.18 bits per heavy atom. The third-order valence-corrected chi connectivity index (χ3v) is 3.63. The zero-order valence-electron chi connectivity index (χ0n) is 9.87. The number of nitrogens with one attached hydrogen (secondary N) is 1. The van der Waals surface area contributed by atoms with Gasteiger partial charge in [-0.05, 0) is 37.4 Å². The average Bonchev–Trinajstić information content (AvgIpc) is 2.91. The fraction of sp³-hybridized carbons (Fsp3) is 0.500. The summed E-state index contributed by atoms with van der Waals surface area (Å²) in [7, 11) is 0. The Balaban J connectivity index is 1.94. The van der Waals surface area contributed by atoms with Crippen LogP contribution < -0.4 is 10.1 Å². The second kappa shape index (κ2) is 4.49. The molecule has 0 aliphatic carbocycles. The third kappa shape index (κ3) is 1.95. The lowest BCUT2D eigenvalue weighted by atomic mass is 9.93. The van der Waals surface area contributed by atoms with Crippen LogP contribution in [-0.4, -0.2) is 25.5 Å². The van der Waals surface area contributed by atoms with Crippen LogP contribution in [0.15, 0.2) is 18.2 Å². The van der Waals surface area contributed by atoms with Gasteiger partial charge in [0.05, 0.1) is 12.2 Å². The van der Waals surface area contributed by atoms with Crippen molar-refractivity contribution < 1.29 is 9.53 Å². The molecule has 3 heteroatoms. The van der Waals surface area contributed by atoms with E-state index >= 15 is 0 Å². The summed E-state index contributed by atoms with van der Waals surface area (Å²) in [6.07, 6.45) is 3.03. The Morgan fingerprint density at radius 1 is 1.41 bits per heavy atom. The molecule has 1 fully saturated rings. The lowest BCUT2D eigenvalue weighted by Gasteiger charge is -2.20. The Bertz CT molecular complexity index is 436. The maximum atomic E-state index is 12.4. The molecule has 3 nitrogen and oxygen atoms in total. The second-order valence-electron chi connectivity index (χ2n) is 4.80. The molecule has 1 aromatic rings. The van der Waals surface area contributed by atoms with Crippen LogP contribution in [-0.2, 0) is 6.42 Å². The highest BCUT2D eigenvalue weighted by Gasteiger charge is 2.27. The van der Waals surface area contributed by atoms with E-state index < -0.39 is 0 Å². The minimum Gasteiger partial charge on any atom is -0.493 e. The number of ether oxygens (including phenoxy) is 1. The van der Waals surface area contributed by atoms with Gasteiger partial charge in [-0.25, -0.2) is 0 Å². The Morgan fingerprint density at radius 2 is 2.35 bits per heavy atom. The molecule has 0 saturated carbocycles.